The van der Waals surface area contributed by atoms with Gasteiger partial charge < -0.3 is 4.74 Å². The minimum absolute atomic E-state index is 0.0194. The number of thiophene rings is 1. The molecule has 0 saturated heterocycles. The first-order chi connectivity index (χ1) is 8.88. The highest BCUT2D eigenvalue weighted by Gasteiger charge is 2.34. The van der Waals surface area contributed by atoms with Crippen molar-refractivity contribution in [2.45, 2.75) is 12.8 Å². The molecule has 2 rings (SSSR count). The molecule has 1 heterocycles. The summed E-state index contributed by atoms with van der Waals surface area (Å²) < 4.78 is 56.6. The highest BCUT2D eigenvalue weighted by molar-refractivity contribution is 9.10. The van der Waals surface area contributed by atoms with E-state index in [0.29, 0.717) is 6.07 Å². The molecule has 19 heavy (non-hydrogen) atoms. The van der Waals surface area contributed by atoms with E-state index in [2.05, 4.69) is 15.9 Å². The summed E-state index contributed by atoms with van der Waals surface area (Å²) in [5.74, 6) is -1.33. The maximum Gasteiger partial charge on any atom is 0.419 e. The van der Waals surface area contributed by atoms with Crippen LogP contribution in [0.4, 0.5) is 17.6 Å². The van der Waals surface area contributed by atoms with Gasteiger partial charge in [0.2, 0.25) is 0 Å². The van der Waals surface area contributed by atoms with Gasteiger partial charge >= 0.3 is 6.18 Å². The fourth-order valence-corrected chi connectivity index (χ4v) is 2.77. The van der Waals surface area contributed by atoms with Gasteiger partial charge in [0, 0.05) is 4.47 Å². The molecule has 1 aromatic heterocycles. The Morgan fingerprint density at radius 1 is 1.21 bits per heavy atom. The third kappa shape index (κ3) is 3.48. The van der Waals surface area contributed by atoms with Crippen molar-refractivity contribution < 1.29 is 22.3 Å². The third-order valence-corrected chi connectivity index (χ3v) is 4.20. The first kappa shape index (κ1) is 14.3. The number of rotatable bonds is 3. The van der Waals surface area contributed by atoms with E-state index < -0.39 is 17.6 Å². The first-order valence-electron chi connectivity index (χ1n) is 5.09. The summed E-state index contributed by atoms with van der Waals surface area (Å²) in [4.78, 5) is 0.845. The van der Waals surface area contributed by atoms with Gasteiger partial charge in [-0.2, -0.15) is 13.2 Å². The molecule has 0 aliphatic carbocycles. The van der Waals surface area contributed by atoms with Crippen LogP contribution in [0.25, 0.3) is 0 Å². The summed E-state index contributed by atoms with van der Waals surface area (Å²) in [7, 11) is 0. The van der Waals surface area contributed by atoms with E-state index in [1.807, 2.05) is 11.4 Å². The molecule has 0 N–H and O–H groups in total. The fraction of sp³-hybridized carbons (Fsp3) is 0.167. The third-order valence-electron chi connectivity index (χ3n) is 2.30. The standard InChI is InChI=1S/C12H7BrF4OS/c13-9-3-4-19-11(9)6-18-7-1-2-10(14)8(5-7)12(15,16)17/h1-5H,6H2. The number of halogens is 5. The maximum absolute atomic E-state index is 13.1. The molecular weight excluding hydrogens is 348 g/mol. The average molecular weight is 355 g/mol. The van der Waals surface area contributed by atoms with Gasteiger partial charge in [0.15, 0.2) is 0 Å². The highest BCUT2D eigenvalue weighted by Crippen LogP contribution is 2.34. The number of ether oxygens (including phenoxy) is 1. The van der Waals surface area contributed by atoms with E-state index in [0.717, 1.165) is 15.4 Å². The molecule has 0 spiro atoms. The van der Waals surface area contributed by atoms with E-state index in [1.165, 1.54) is 17.4 Å². The van der Waals surface area contributed by atoms with Crippen LogP contribution in [0.3, 0.4) is 0 Å². The molecule has 7 heteroatoms. The normalized spacial score (nSPS) is 11.6. The molecule has 0 saturated carbocycles. The van der Waals surface area contributed by atoms with Gasteiger partial charge in [-0.05, 0) is 45.6 Å². The highest BCUT2D eigenvalue weighted by atomic mass is 79.9. The van der Waals surface area contributed by atoms with Crippen LogP contribution in [0.1, 0.15) is 10.4 Å². The van der Waals surface area contributed by atoms with Crippen LogP contribution < -0.4 is 4.74 Å². The van der Waals surface area contributed by atoms with Gasteiger partial charge in [-0.15, -0.1) is 11.3 Å². The van der Waals surface area contributed by atoms with Gasteiger partial charge in [0.05, 0.1) is 10.4 Å². The Hall–Kier alpha value is -1.08. The quantitative estimate of drug-likeness (QED) is 0.684. The summed E-state index contributed by atoms with van der Waals surface area (Å²) >= 11 is 4.70. The molecule has 0 aliphatic heterocycles. The van der Waals surface area contributed by atoms with Crippen molar-refractivity contribution >= 4 is 27.3 Å². The Balaban J connectivity index is 2.16. The zero-order valence-electron chi connectivity index (χ0n) is 9.30. The predicted molar refractivity (Wildman–Crippen MR) is 67.8 cm³/mol. The molecule has 0 unspecified atom stereocenters. The smallest absolute Gasteiger partial charge is 0.419 e. The molecule has 0 amide bonds. The van der Waals surface area contributed by atoms with Gasteiger partial charge in [-0.3, -0.25) is 0 Å². The molecule has 0 atom stereocenters. The number of hydrogen-bond donors (Lipinski definition) is 0. The molecule has 0 fully saturated rings. The number of hydrogen-bond acceptors (Lipinski definition) is 2. The van der Waals surface area contributed by atoms with Crippen molar-refractivity contribution in [2.75, 3.05) is 0 Å². The van der Waals surface area contributed by atoms with Crippen LogP contribution in [-0.2, 0) is 12.8 Å². The van der Waals surface area contributed by atoms with Crippen molar-refractivity contribution in [2.24, 2.45) is 0 Å². The van der Waals surface area contributed by atoms with E-state index in [4.69, 9.17) is 4.74 Å². The van der Waals surface area contributed by atoms with Gasteiger partial charge in [0.1, 0.15) is 18.2 Å². The summed E-state index contributed by atoms with van der Waals surface area (Å²) in [6.45, 7) is 0.126. The summed E-state index contributed by atoms with van der Waals surface area (Å²) in [5, 5.41) is 1.83. The van der Waals surface area contributed by atoms with Crippen molar-refractivity contribution in [3.05, 3.63) is 50.4 Å². The summed E-state index contributed by atoms with van der Waals surface area (Å²) in [6.07, 6.45) is -4.73. The topological polar surface area (TPSA) is 9.23 Å². The second-order valence-electron chi connectivity index (χ2n) is 3.62. The SMILES string of the molecule is Fc1ccc(OCc2sccc2Br)cc1C(F)(F)F. The lowest BCUT2D eigenvalue weighted by Gasteiger charge is -2.11. The van der Waals surface area contributed by atoms with Gasteiger partial charge in [-0.25, -0.2) is 4.39 Å². The monoisotopic (exact) mass is 354 g/mol. The second-order valence-corrected chi connectivity index (χ2v) is 5.47. The lowest BCUT2D eigenvalue weighted by molar-refractivity contribution is -0.140. The zero-order valence-corrected chi connectivity index (χ0v) is 11.7. The fourth-order valence-electron chi connectivity index (χ4n) is 1.39. The Morgan fingerprint density at radius 3 is 2.53 bits per heavy atom. The van der Waals surface area contributed by atoms with E-state index in [9.17, 15) is 17.6 Å². The van der Waals surface area contributed by atoms with Crippen molar-refractivity contribution in [1.82, 2.24) is 0 Å². The Morgan fingerprint density at radius 2 is 1.95 bits per heavy atom. The van der Waals surface area contributed by atoms with Crippen LogP contribution in [0.5, 0.6) is 5.75 Å². The van der Waals surface area contributed by atoms with Crippen LogP contribution in [0, 0.1) is 5.82 Å². The molecule has 1 aromatic carbocycles. The summed E-state index contributed by atoms with van der Waals surface area (Å²) in [5.41, 5.74) is -1.32. The van der Waals surface area contributed by atoms with E-state index in [1.54, 1.807) is 0 Å². The maximum atomic E-state index is 13.1. The van der Waals surface area contributed by atoms with Crippen LogP contribution in [0.15, 0.2) is 34.1 Å². The molecule has 0 radical (unpaired) electrons. The van der Waals surface area contributed by atoms with Crippen molar-refractivity contribution in [1.29, 1.82) is 0 Å². The van der Waals surface area contributed by atoms with E-state index in [-0.39, 0.29) is 12.4 Å². The van der Waals surface area contributed by atoms with Crippen LogP contribution in [-0.4, -0.2) is 0 Å². The van der Waals surface area contributed by atoms with Crippen LogP contribution >= 0.6 is 27.3 Å². The molecule has 0 bridgehead atoms. The number of alkyl halides is 3. The predicted octanol–water partition coefficient (Wildman–Crippen LogP) is 5.25. The lowest BCUT2D eigenvalue weighted by Crippen LogP contribution is -2.08. The van der Waals surface area contributed by atoms with E-state index >= 15 is 0 Å². The molecule has 2 aromatic rings. The Bertz CT molecular complexity index is 579. The minimum atomic E-state index is -4.73. The van der Waals surface area contributed by atoms with Crippen LogP contribution in [0.2, 0.25) is 0 Å². The largest absolute Gasteiger partial charge is 0.488 e. The second kappa shape index (κ2) is 5.50. The Kier molecular flexibility index (Phi) is 4.15. The van der Waals surface area contributed by atoms with Gasteiger partial charge in [-0.1, -0.05) is 0 Å². The minimum Gasteiger partial charge on any atom is -0.488 e. The van der Waals surface area contributed by atoms with Crippen molar-refractivity contribution in [3.8, 4) is 5.75 Å². The average Bonchev–Trinajstić information content (AvgIpc) is 2.72. The Labute approximate surface area is 119 Å². The first-order valence-corrected chi connectivity index (χ1v) is 6.76. The molecule has 0 aliphatic rings. The van der Waals surface area contributed by atoms with Gasteiger partial charge in [0.25, 0.3) is 0 Å². The molecule has 1 nitrogen and oxygen atoms in total. The number of benzene rings is 1. The zero-order chi connectivity index (χ0) is 14.0. The molecular formula is C12H7BrF4OS. The van der Waals surface area contributed by atoms with Crippen molar-refractivity contribution in [3.63, 3.8) is 0 Å². The lowest BCUT2D eigenvalue weighted by atomic mass is 10.2. The molecule has 102 valence electrons. The summed E-state index contributed by atoms with van der Waals surface area (Å²) in [6, 6.07) is 4.40.